The maximum absolute atomic E-state index is 3.81. The van der Waals surface area contributed by atoms with E-state index < -0.39 is 0 Å². The molecular weight excluding hydrogens is 274 g/mol. The van der Waals surface area contributed by atoms with Gasteiger partial charge in [0.05, 0.1) is 0 Å². The predicted molar refractivity (Wildman–Crippen MR) is 93.9 cm³/mol. The van der Waals surface area contributed by atoms with Crippen molar-refractivity contribution >= 4 is 11.3 Å². The van der Waals surface area contributed by atoms with E-state index in [0.717, 1.165) is 6.54 Å². The van der Waals surface area contributed by atoms with E-state index >= 15 is 0 Å². The molecule has 1 aromatic carbocycles. The molecule has 2 atom stereocenters. The molecule has 2 heteroatoms. The van der Waals surface area contributed by atoms with Crippen LogP contribution in [0.5, 0.6) is 0 Å². The third kappa shape index (κ3) is 4.42. The monoisotopic (exact) mass is 301 g/mol. The van der Waals surface area contributed by atoms with Crippen LogP contribution in [0.2, 0.25) is 0 Å². The smallest absolute Gasteiger partial charge is 0.0438 e. The molecule has 0 bridgehead atoms. The highest BCUT2D eigenvalue weighted by Crippen LogP contribution is 2.29. The number of thiophene rings is 1. The number of hydrogen-bond acceptors (Lipinski definition) is 2. The van der Waals surface area contributed by atoms with Gasteiger partial charge in [0.25, 0.3) is 0 Å². The van der Waals surface area contributed by atoms with Crippen molar-refractivity contribution in [3.63, 3.8) is 0 Å². The molecule has 0 aliphatic rings. The summed E-state index contributed by atoms with van der Waals surface area (Å²) in [4.78, 5) is 1.44. The minimum absolute atomic E-state index is 0.454. The van der Waals surface area contributed by atoms with Gasteiger partial charge >= 0.3 is 0 Å². The van der Waals surface area contributed by atoms with Gasteiger partial charge in [-0.25, -0.2) is 0 Å². The van der Waals surface area contributed by atoms with E-state index in [1.54, 1.807) is 0 Å². The average Bonchev–Trinajstić information content (AvgIpc) is 2.97. The maximum atomic E-state index is 3.81. The normalized spacial score (nSPS) is 14.6. The molecule has 0 aliphatic carbocycles. The van der Waals surface area contributed by atoms with Gasteiger partial charge in [-0.3, -0.25) is 0 Å². The van der Waals surface area contributed by atoms with E-state index in [2.05, 4.69) is 80.9 Å². The second-order valence-corrected chi connectivity index (χ2v) is 7.39. The number of hydrogen-bond donors (Lipinski definition) is 1. The van der Waals surface area contributed by atoms with E-state index in [9.17, 15) is 0 Å². The summed E-state index contributed by atoms with van der Waals surface area (Å²) in [5, 5.41) is 5.98. The fourth-order valence-electron chi connectivity index (χ4n) is 2.83. The second-order valence-electron chi connectivity index (χ2n) is 6.41. The van der Waals surface area contributed by atoms with Crippen molar-refractivity contribution in [3.05, 3.63) is 58.3 Å². The predicted octanol–water partition coefficient (Wildman–Crippen LogP) is 5.47. The molecule has 0 amide bonds. The Bertz CT molecular complexity index is 502. The highest BCUT2D eigenvalue weighted by molar-refractivity contribution is 7.10. The van der Waals surface area contributed by atoms with E-state index in [1.807, 2.05) is 11.3 Å². The van der Waals surface area contributed by atoms with E-state index in [1.165, 1.54) is 10.4 Å². The van der Waals surface area contributed by atoms with Gasteiger partial charge < -0.3 is 5.32 Å². The molecule has 0 saturated heterocycles. The van der Waals surface area contributed by atoms with Gasteiger partial charge in [0, 0.05) is 17.5 Å². The maximum Gasteiger partial charge on any atom is 0.0438 e. The van der Waals surface area contributed by atoms with Gasteiger partial charge in [-0.2, -0.15) is 0 Å². The molecule has 2 aromatic rings. The molecule has 0 spiro atoms. The molecule has 0 radical (unpaired) electrons. The zero-order valence-electron chi connectivity index (χ0n) is 13.5. The van der Waals surface area contributed by atoms with Crippen LogP contribution in [0.25, 0.3) is 0 Å². The molecule has 0 aliphatic heterocycles. The Hall–Kier alpha value is -1.12. The van der Waals surface area contributed by atoms with Crippen LogP contribution in [0.1, 0.15) is 50.1 Å². The molecule has 1 N–H and O–H groups in total. The summed E-state index contributed by atoms with van der Waals surface area (Å²) >= 11 is 1.85. The number of benzene rings is 1. The van der Waals surface area contributed by atoms with Gasteiger partial charge in [-0.1, -0.05) is 64.1 Å². The van der Waals surface area contributed by atoms with Crippen LogP contribution in [0.3, 0.4) is 0 Å². The van der Waals surface area contributed by atoms with Crippen molar-refractivity contribution < 1.29 is 0 Å². The van der Waals surface area contributed by atoms with Crippen molar-refractivity contribution in [2.24, 2.45) is 11.8 Å². The molecular formula is C19H27NS. The quantitative estimate of drug-likeness (QED) is 0.714. The Morgan fingerprint density at radius 1 is 0.905 bits per heavy atom. The van der Waals surface area contributed by atoms with Gasteiger partial charge in [0.1, 0.15) is 0 Å². The molecule has 1 aromatic heterocycles. The van der Waals surface area contributed by atoms with Gasteiger partial charge in [0.2, 0.25) is 0 Å². The first-order valence-electron chi connectivity index (χ1n) is 7.91. The minimum Gasteiger partial charge on any atom is -0.308 e. The first kappa shape index (κ1) is 16.3. The molecule has 21 heavy (non-hydrogen) atoms. The summed E-state index contributed by atoms with van der Waals surface area (Å²) < 4.78 is 0. The largest absolute Gasteiger partial charge is 0.308 e. The van der Waals surface area contributed by atoms with Crippen molar-refractivity contribution in [2.45, 2.75) is 39.7 Å². The zero-order chi connectivity index (χ0) is 15.2. The van der Waals surface area contributed by atoms with Crippen molar-refractivity contribution in [2.75, 3.05) is 6.54 Å². The number of rotatable bonds is 7. The van der Waals surface area contributed by atoms with Crippen LogP contribution < -0.4 is 5.32 Å². The summed E-state index contributed by atoms with van der Waals surface area (Å²) in [6.45, 7) is 10.3. The van der Waals surface area contributed by atoms with Gasteiger partial charge in [0.15, 0.2) is 0 Å². The third-order valence-electron chi connectivity index (χ3n) is 4.11. The summed E-state index contributed by atoms with van der Waals surface area (Å²) in [5.74, 6) is 1.80. The Kier molecular flexibility index (Phi) is 6.01. The fraction of sp³-hybridized carbons (Fsp3) is 0.474. The Morgan fingerprint density at radius 2 is 1.62 bits per heavy atom. The summed E-state index contributed by atoms with van der Waals surface area (Å²) in [7, 11) is 0. The van der Waals surface area contributed by atoms with Crippen molar-refractivity contribution in [1.82, 2.24) is 5.32 Å². The molecule has 1 heterocycles. The lowest BCUT2D eigenvalue weighted by atomic mass is 9.88. The standard InChI is InChI=1S/C19H27NS/c1-14(2)17(16-9-6-5-7-10-16)13-20-19(15(3)4)18-11-8-12-21-18/h5-12,14-15,17,19-20H,13H2,1-4H3. The van der Waals surface area contributed by atoms with Crippen LogP contribution in [-0.2, 0) is 0 Å². The highest BCUT2D eigenvalue weighted by Gasteiger charge is 2.21. The third-order valence-corrected chi connectivity index (χ3v) is 5.06. The van der Waals surface area contributed by atoms with E-state index in [4.69, 9.17) is 0 Å². The minimum atomic E-state index is 0.454. The first-order valence-corrected chi connectivity index (χ1v) is 8.79. The van der Waals surface area contributed by atoms with Crippen molar-refractivity contribution in [1.29, 1.82) is 0 Å². The van der Waals surface area contributed by atoms with E-state index in [0.29, 0.717) is 23.8 Å². The zero-order valence-corrected chi connectivity index (χ0v) is 14.4. The molecule has 0 fully saturated rings. The SMILES string of the molecule is CC(C)C(CNC(c1cccs1)C(C)C)c1ccccc1. The summed E-state index contributed by atoms with van der Waals surface area (Å²) in [5.41, 5.74) is 1.44. The number of nitrogens with one attached hydrogen (secondary N) is 1. The Labute approximate surface area is 133 Å². The van der Waals surface area contributed by atoms with Gasteiger partial charge in [-0.15, -0.1) is 11.3 Å². The van der Waals surface area contributed by atoms with Crippen LogP contribution in [0, 0.1) is 11.8 Å². The lowest BCUT2D eigenvalue weighted by Crippen LogP contribution is -2.31. The molecule has 2 rings (SSSR count). The molecule has 114 valence electrons. The van der Waals surface area contributed by atoms with Crippen molar-refractivity contribution in [3.8, 4) is 0 Å². The first-order chi connectivity index (χ1) is 10.1. The average molecular weight is 301 g/mol. The van der Waals surface area contributed by atoms with E-state index in [-0.39, 0.29) is 0 Å². The van der Waals surface area contributed by atoms with Crippen LogP contribution in [0.15, 0.2) is 47.8 Å². The Balaban J connectivity index is 2.07. The van der Waals surface area contributed by atoms with Crippen LogP contribution >= 0.6 is 11.3 Å². The summed E-state index contributed by atoms with van der Waals surface area (Å²) in [6, 6.07) is 15.7. The topological polar surface area (TPSA) is 12.0 Å². The fourth-order valence-corrected chi connectivity index (χ4v) is 3.80. The molecule has 2 unspecified atom stereocenters. The second kappa shape index (κ2) is 7.77. The molecule has 0 saturated carbocycles. The lowest BCUT2D eigenvalue weighted by molar-refractivity contribution is 0.373. The summed E-state index contributed by atoms with van der Waals surface area (Å²) in [6.07, 6.45) is 0. The Morgan fingerprint density at radius 3 is 2.14 bits per heavy atom. The lowest BCUT2D eigenvalue weighted by Gasteiger charge is -2.27. The van der Waals surface area contributed by atoms with Crippen LogP contribution in [0.4, 0.5) is 0 Å². The highest BCUT2D eigenvalue weighted by atomic mass is 32.1. The van der Waals surface area contributed by atoms with Gasteiger partial charge in [-0.05, 0) is 34.8 Å². The van der Waals surface area contributed by atoms with Crippen LogP contribution in [-0.4, -0.2) is 6.54 Å². The molecule has 1 nitrogen and oxygen atoms in total.